The van der Waals surface area contributed by atoms with Crippen LogP contribution >= 0.6 is 0 Å². The van der Waals surface area contributed by atoms with E-state index < -0.39 is 11.7 Å². The Labute approximate surface area is 162 Å². The van der Waals surface area contributed by atoms with E-state index >= 15 is 0 Å². The van der Waals surface area contributed by atoms with Gasteiger partial charge in [-0.1, -0.05) is 0 Å². The maximum absolute atomic E-state index is 12.8. The van der Waals surface area contributed by atoms with Gasteiger partial charge in [0.15, 0.2) is 0 Å². The summed E-state index contributed by atoms with van der Waals surface area (Å²) in [5, 5.41) is 0. The first kappa shape index (κ1) is 20.6. The summed E-state index contributed by atoms with van der Waals surface area (Å²) in [5.74, 6) is -0.332. The maximum atomic E-state index is 12.8. The number of amides is 2. The lowest BCUT2D eigenvalue weighted by molar-refractivity contribution is -0.149. The summed E-state index contributed by atoms with van der Waals surface area (Å²) in [6.45, 7) is 5.85. The molecule has 2 amide bonds. The topological polar surface area (TPSA) is 49.9 Å². The molecule has 2 fully saturated rings. The van der Waals surface area contributed by atoms with Crippen LogP contribution in [0.3, 0.4) is 0 Å². The number of morpholine rings is 1. The van der Waals surface area contributed by atoms with Crippen molar-refractivity contribution in [2.75, 3.05) is 26.2 Å². The van der Waals surface area contributed by atoms with E-state index in [0.29, 0.717) is 39.1 Å². The summed E-state index contributed by atoms with van der Waals surface area (Å²) in [7, 11) is 0. The molecule has 0 radical (unpaired) electrons. The largest absolute Gasteiger partial charge is 0.416 e. The standard InChI is InChI=1S/C20H25F3N2O3/c1-13-12-28-14(2)11-25(13)19(27)16-7-9-24(10-8-16)18(26)15-3-5-17(6-4-15)20(21,22)23/h3-6,13-14,16H,7-12H2,1-2H3. The summed E-state index contributed by atoms with van der Waals surface area (Å²) >= 11 is 0. The highest BCUT2D eigenvalue weighted by molar-refractivity contribution is 5.94. The van der Waals surface area contributed by atoms with Crippen LogP contribution in [0, 0.1) is 5.92 Å². The van der Waals surface area contributed by atoms with Gasteiger partial charge < -0.3 is 14.5 Å². The molecule has 2 aliphatic rings. The Kier molecular flexibility index (Phi) is 5.98. The SMILES string of the molecule is CC1CN(C(=O)C2CCN(C(=O)c3ccc(C(F)(F)F)cc3)CC2)C(C)CO1. The highest BCUT2D eigenvalue weighted by Crippen LogP contribution is 2.29. The monoisotopic (exact) mass is 398 g/mol. The summed E-state index contributed by atoms with van der Waals surface area (Å²) in [6.07, 6.45) is -3.29. The molecule has 154 valence electrons. The van der Waals surface area contributed by atoms with Crippen molar-refractivity contribution in [1.29, 1.82) is 0 Å². The quantitative estimate of drug-likeness (QED) is 0.769. The van der Waals surface area contributed by atoms with Crippen LogP contribution in [0.5, 0.6) is 0 Å². The minimum atomic E-state index is -4.42. The van der Waals surface area contributed by atoms with Gasteiger partial charge in [0.25, 0.3) is 5.91 Å². The van der Waals surface area contributed by atoms with Crippen molar-refractivity contribution in [3.05, 3.63) is 35.4 Å². The summed E-state index contributed by atoms with van der Waals surface area (Å²) in [5.41, 5.74) is -0.546. The molecule has 2 saturated heterocycles. The molecule has 0 N–H and O–H groups in total. The molecule has 5 nitrogen and oxygen atoms in total. The molecule has 0 bridgehead atoms. The van der Waals surface area contributed by atoms with Crippen LogP contribution in [0.25, 0.3) is 0 Å². The molecule has 28 heavy (non-hydrogen) atoms. The number of likely N-dealkylation sites (tertiary alicyclic amines) is 1. The molecule has 0 saturated carbocycles. The average molecular weight is 398 g/mol. The first-order valence-corrected chi connectivity index (χ1v) is 9.55. The van der Waals surface area contributed by atoms with Crippen LogP contribution in [0.4, 0.5) is 13.2 Å². The highest BCUT2D eigenvalue weighted by Gasteiger charge is 2.35. The second kappa shape index (κ2) is 8.11. The van der Waals surface area contributed by atoms with E-state index in [2.05, 4.69) is 0 Å². The molecule has 3 rings (SSSR count). The molecule has 2 heterocycles. The van der Waals surface area contributed by atoms with Crippen LogP contribution in [0.15, 0.2) is 24.3 Å². The van der Waals surface area contributed by atoms with Crippen LogP contribution < -0.4 is 0 Å². The van der Waals surface area contributed by atoms with E-state index in [1.807, 2.05) is 18.7 Å². The van der Waals surface area contributed by atoms with Crippen LogP contribution in [0.2, 0.25) is 0 Å². The zero-order valence-corrected chi connectivity index (χ0v) is 16.0. The van der Waals surface area contributed by atoms with E-state index in [4.69, 9.17) is 4.74 Å². The van der Waals surface area contributed by atoms with Gasteiger partial charge in [-0.25, -0.2) is 0 Å². The smallest absolute Gasteiger partial charge is 0.375 e. The Morgan fingerprint density at radius 1 is 1.07 bits per heavy atom. The van der Waals surface area contributed by atoms with Crippen molar-refractivity contribution >= 4 is 11.8 Å². The van der Waals surface area contributed by atoms with Gasteiger partial charge in [-0.15, -0.1) is 0 Å². The van der Waals surface area contributed by atoms with Gasteiger partial charge in [0.05, 0.1) is 24.3 Å². The number of carbonyl (C=O) groups is 2. The minimum absolute atomic E-state index is 0.0153. The fourth-order valence-corrected chi connectivity index (χ4v) is 3.76. The molecule has 2 atom stereocenters. The van der Waals surface area contributed by atoms with Gasteiger partial charge in [0.2, 0.25) is 5.91 Å². The van der Waals surface area contributed by atoms with Crippen LogP contribution in [-0.4, -0.2) is 60.0 Å². The van der Waals surface area contributed by atoms with Crippen molar-refractivity contribution in [1.82, 2.24) is 9.80 Å². The van der Waals surface area contributed by atoms with Crippen molar-refractivity contribution in [2.45, 2.75) is 45.0 Å². The van der Waals surface area contributed by atoms with E-state index in [-0.39, 0.29) is 35.4 Å². The zero-order chi connectivity index (χ0) is 20.5. The lowest BCUT2D eigenvalue weighted by Gasteiger charge is -2.40. The number of nitrogens with zero attached hydrogens (tertiary/aromatic N) is 2. The molecule has 2 aliphatic heterocycles. The van der Waals surface area contributed by atoms with Crippen molar-refractivity contribution < 1.29 is 27.5 Å². The molecular formula is C20H25F3N2O3. The molecule has 0 aromatic heterocycles. The van der Waals surface area contributed by atoms with Gasteiger partial charge in [0.1, 0.15) is 0 Å². The predicted molar refractivity (Wildman–Crippen MR) is 96.7 cm³/mol. The number of carbonyl (C=O) groups excluding carboxylic acids is 2. The lowest BCUT2D eigenvalue weighted by Crippen LogP contribution is -2.53. The van der Waals surface area contributed by atoms with Gasteiger partial charge in [0, 0.05) is 31.1 Å². The minimum Gasteiger partial charge on any atom is -0.375 e. The Morgan fingerprint density at radius 2 is 1.68 bits per heavy atom. The van der Waals surface area contributed by atoms with E-state index in [9.17, 15) is 22.8 Å². The summed E-state index contributed by atoms with van der Waals surface area (Å²) < 4.78 is 43.5. The van der Waals surface area contributed by atoms with Crippen molar-refractivity contribution in [3.8, 4) is 0 Å². The van der Waals surface area contributed by atoms with Crippen molar-refractivity contribution in [2.24, 2.45) is 5.92 Å². The third-order valence-electron chi connectivity index (χ3n) is 5.48. The number of piperidine rings is 1. The Hall–Kier alpha value is -2.09. The third-order valence-corrected chi connectivity index (χ3v) is 5.48. The van der Waals surface area contributed by atoms with E-state index in [0.717, 1.165) is 12.1 Å². The zero-order valence-electron chi connectivity index (χ0n) is 16.0. The van der Waals surface area contributed by atoms with E-state index in [1.54, 1.807) is 4.90 Å². The van der Waals surface area contributed by atoms with Crippen molar-refractivity contribution in [3.63, 3.8) is 0 Å². The lowest BCUT2D eigenvalue weighted by atomic mass is 9.93. The maximum Gasteiger partial charge on any atom is 0.416 e. The second-order valence-corrected chi connectivity index (χ2v) is 7.63. The third kappa shape index (κ3) is 4.48. The fourth-order valence-electron chi connectivity index (χ4n) is 3.76. The number of rotatable bonds is 2. The number of ether oxygens (including phenoxy) is 1. The van der Waals surface area contributed by atoms with Gasteiger partial charge in [-0.2, -0.15) is 13.2 Å². The highest BCUT2D eigenvalue weighted by atomic mass is 19.4. The number of halogens is 3. The molecule has 1 aromatic carbocycles. The number of benzene rings is 1. The second-order valence-electron chi connectivity index (χ2n) is 7.63. The Balaban J connectivity index is 1.57. The fraction of sp³-hybridized carbons (Fsp3) is 0.600. The number of hydrogen-bond donors (Lipinski definition) is 0. The molecule has 1 aromatic rings. The first-order chi connectivity index (χ1) is 13.2. The van der Waals surface area contributed by atoms with E-state index in [1.165, 1.54) is 12.1 Å². The average Bonchev–Trinajstić information content (AvgIpc) is 2.68. The Morgan fingerprint density at radius 3 is 2.25 bits per heavy atom. The van der Waals surface area contributed by atoms with Crippen LogP contribution in [-0.2, 0) is 15.7 Å². The molecule has 2 unspecified atom stereocenters. The van der Waals surface area contributed by atoms with Gasteiger partial charge in [-0.05, 0) is 51.0 Å². The summed E-state index contributed by atoms with van der Waals surface area (Å²) in [4.78, 5) is 28.9. The Bertz CT molecular complexity index is 712. The van der Waals surface area contributed by atoms with Crippen LogP contribution in [0.1, 0.15) is 42.6 Å². The van der Waals surface area contributed by atoms with Gasteiger partial charge >= 0.3 is 6.18 Å². The molecule has 0 aliphatic carbocycles. The number of alkyl halides is 3. The molecule has 0 spiro atoms. The molecule has 8 heteroatoms. The summed E-state index contributed by atoms with van der Waals surface area (Å²) in [6, 6.07) is 4.29. The number of hydrogen-bond acceptors (Lipinski definition) is 3. The predicted octanol–water partition coefficient (Wildman–Crippen LogP) is 3.19. The molecular weight excluding hydrogens is 373 g/mol. The van der Waals surface area contributed by atoms with Gasteiger partial charge in [-0.3, -0.25) is 9.59 Å². The normalized spacial score (nSPS) is 24.3. The first-order valence-electron chi connectivity index (χ1n) is 9.55.